The number of sulfonamides is 1. The molecule has 1 N–H and O–H groups in total. The lowest BCUT2D eigenvalue weighted by Gasteiger charge is -2.13. The first kappa shape index (κ1) is 21.3. The predicted octanol–water partition coefficient (Wildman–Crippen LogP) is 3.39. The molecule has 0 saturated heterocycles. The minimum absolute atomic E-state index is 0.0242. The average molecular weight is 428 g/mol. The highest BCUT2D eigenvalue weighted by atomic mass is 32.2. The van der Waals surface area contributed by atoms with Crippen LogP contribution in [0.15, 0.2) is 59.6 Å². The van der Waals surface area contributed by atoms with E-state index >= 15 is 0 Å². The number of hydrogen-bond donors (Lipinski definition) is 1. The number of para-hydroxylation sites is 1. The van der Waals surface area contributed by atoms with Crippen LogP contribution in [0.2, 0.25) is 0 Å². The normalized spacial score (nSPS) is 11.1. The van der Waals surface area contributed by atoms with Gasteiger partial charge in [0.25, 0.3) is 10.0 Å². The molecule has 8 nitrogen and oxygen atoms in total. The molecule has 0 aliphatic rings. The number of fused-ring (bicyclic) bond motifs is 1. The Bertz CT molecular complexity index is 1170. The lowest BCUT2D eigenvalue weighted by atomic mass is 10.1. The number of aromatic nitrogens is 1. The third-order valence-corrected chi connectivity index (χ3v) is 5.51. The van der Waals surface area contributed by atoms with Crippen LogP contribution in [0.3, 0.4) is 0 Å². The van der Waals surface area contributed by atoms with Gasteiger partial charge in [-0.05, 0) is 44.2 Å². The van der Waals surface area contributed by atoms with E-state index in [1.54, 1.807) is 38.1 Å². The largest absolute Gasteiger partial charge is 0.462 e. The van der Waals surface area contributed by atoms with E-state index in [2.05, 4.69) is 9.71 Å². The highest BCUT2D eigenvalue weighted by Gasteiger charge is 2.21. The van der Waals surface area contributed by atoms with Gasteiger partial charge in [-0.1, -0.05) is 18.2 Å². The van der Waals surface area contributed by atoms with Gasteiger partial charge in [-0.15, -0.1) is 0 Å². The first-order valence-corrected chi connectivity index (χ1v) is 10.7. The van der Waals surface area contributed by atoms with E-state index in [9.17, 15) is 18.0 Å². The Morgan fingerprint density at radius 2 is 1.53 bits per heavy atom. The zero-order valence-electron chi connectivity index (χ0n) is 16.4. The summed E-state index contributed by atoms with van der Waals surface area (Å²) in [5.41, 5.74) is 0.378. The van der Waals surface area contributed by atoms with Gasteiger partial charge in [0, 0.05) is 11.6 Å². The van der Waals surface area contributed by atoms with Crippen LogP contribution in [0.1, 0.15) is 34.6 Å². The molecule has 1 aromatic heterocycles. The highest BCUT2D eigenvalue weighted by molar-refractivity contribution is 7.93. The highest BCUT2D eigenvalue weighted by Crippen LogP contribution is 2.25. The summed E-state index contributed by atoms with van der Waals surface area (Å²) in [6.07, 6.45) is 1.50. The van der Waals surface area contributed by atoms with Crippen molar-refractivity contribution in [2.75, 3.05) is 17.9 Å². The Labute approximate surface area is 173 Å². The molecule has 0 aliphatic heterocycles. The third-order valence-electron chi connectivity index (χ3n) is 4.09. The maximum Gasteiger partial charge on any atom is 0.338 e. The van der Waals surface area contributed by atoms with E-state index in [0.29, 0.717) is 10.9 Å². The number of nitrogens with zero attached hydrogens (tertiary/aromatic N) is 1. The molecule has 3 aromatic rings. The molecule has 0 atom stereocenters. The SMILES string of the molecule is CCOC(=O)c1cc(NS(=O)(=O)c2cccc3cccnc23)cc(C(=O)OCC)c1. The number of nitrogens with one attached hydrogen (secondary N) is 1. The number of carbonyl (C=O) groups is 2. The van der Waals surface area contributed by atoms with E-state index in [-0.39, 0.29) is 34.9 Å². The van der Waals surface area contributed by atoms with Crippen LogP contribution in [0.4, 0.5) is 5.69 Å². The van der Waals surface area contributed by atoms with Gasteiger partial charge in [0.1, 0.15) is 4.90 Å². The van der Waals surface area contributed by atoms with Crippen LogP contribution < -0.4 is 4.72 Å². The lowest BCUT2D eigenvalue weighted by molar-refractivity contribution is 0.0525. The molecule has 1 heterocycles. The van der Waals surface area contributed by atoms with Gasteiger partial charge < -0.3 is 9.47 Å². The topological polar surface area (TPSA) is 112 Å². The first-order valence-electron chi connectivity index (χ1n) is 9.21. The quantitative estimate of drug-likeness (QED) is 0.574. The summed E-state index contributed by atoms with van der Waals surface area (Å²) in [6.45, 7) is 3.55. The van der Waals surface area contributed by atoms with E-state index < -0.39 is 22.0 Å². The summed E-state index contributed by atoms with van der Waals surface area (Å²) in [4.78, 5) is 28.5. The maximum atomic E-state index is 13.0. The minimum Gasteiger partial charge on any atom is -0.462 e. The van der Waals surface area contributed by atoms with Crippen molar-refractivity contribution in [2.45, 2.75) is 18.7 Å². The van der Waals surface area contributed by atoms with Crippen LogP contribution in [-0.4, -0.2) is 38.6 Å². The summed E-state index contributed by atoms with van der Waals surface area (Å²) < 4.78 is 38.5. The zero-order chi connectivity index (χ0) is 21.7. The average Bonchev–Trinajstić information content (AvgIpc) is 2.73. The number of pyridine rings is 1. The number of carbonyl (C=O) groups excluding carboxylic acids is 2. The zero-order valence-corrected chi connectivity index (χ0v) is 17.2. The molecule has 9 heteroatoms. The molecule has 0 unspecified atom stereocenters. The second-order valence-corrected chi connectivity index (χ2v) is 7.83. The summed E-state index contributed by atoms with van der Waals surface area (Å²) in [6, 6.07) is 12.2. The molecule has 0 aliphatic carbocycles. The van der Waals surface area contributed by atoms with Crippen molar-refractivity contribution in [3.05, 3.63) is 65.9 Å². The van der Waals surface area contributed by atoms with Crippen molar-refractivity contribution in [2.24, 2.45) is 0 Å². The van der Waals surface area contributed by atoms with Crippen LogP contribution in [0.5, 0.6) is 0 Å². The third kappa shape index (κ3) is 4.57. The van der Waals surface area contributed by atoms with Gasteiger partial charge in [-0.3, -0.25) is 9.71 Å². The van der Waals surface area contributed by atoms with E-state index in [0.717, 1.165) is 0 Å². The Hall–Kier alpha value is -3.46. The van der Waals surface area contributed by atoms with E-state index in [1.165, 1.54) is 30.5 Å². The second-order valence-electron chi connectivity index (χ2n) is 6.18. The molecule has 3 rings (SSSR count). The minimum atomic E-state index is -4.07. The van der Waals surface area contributed by atoms with Gasteiger partial charge in [0.15, 0.2) is 0 Å². The standard InChI is InChI=1S/C21H20N2O6S/c1-3-28-20(24)15-11-16(21(25)29-4-2)13-17(12-15)23-30(26,27)18-9-5-7-14-8-6-10-22-19(14)18/h5-13,23H,3-4H2,1-2H3. The number of benzene rings is 2. The lowest BCUT2D eigenvalue weighted by Crippen LogP contribution is -2.16. The molecular formula is C21H20N2O6S. The first-order chi connectivity index (χ1) is 14.4. The molecule has 0 bridgehead atoms. The van der Waals surface area contributed by atoms with Gasteiger partial charge in [0.05, 0.1) is 35.5 Å². The molecule has 0 radical (unpaired) electrons. The molecular weight excluding hydrogens is 408 g/mol. The Morgan fingerprint density at radius 1 is 0.933 bits per heavy atom. The fraction of sp³-hybridized carbons (Fsp3) is 0.190. The van der Waals surface area contributed by atoms with Crippen molar-refractivity contribution in [1.82, 2.24) is 4.98 Å². The number of ether oxygens (including phenoxy) is 2. The molecule has 0 amide bonds. The van der Waals surface area contributed by atoms with Gasteiger partial charge in [-0.25, -0.2) is 18.0 Å². The summed E-state index contributed by atoms with van der Waals surface area (Å²) >= 11 is 0. The van der Waals surface area contributed by atoms with E-state index in [1.807, 2.05) is 0 Å². The Kier molecular flexibility index (Phi) is 6.31. The number of anilines is 1. The molecule has 2 aromatic carbocycles. The Morgan fingerprint density at radius 3 is 2.13 bits per heavy atom. The molecule has 30 heavy (non-hydrogen) atoms. The van der Waals surface area contributed by atoms with Gasteiger partial charge >= 0.3 is 11.9 Å². The Balaban J connectivity index is 2.05. The van der Waals surface area contributed by atoms with Gasteiger partial charge in [0.2, 0.25) is 0 Å². The van der Waals surface area contributed by atoms with Crippen molar-refractivity contribution in [3.63, 3.8) is 0 Å². The molecule has 0 saturated carbocycles. The van der Waals surface area contributed by atoms with Gasteiger partial charge in [-0.2, -0.15) is 0 Å². The smallest absolute Gasteiger partial charge is 0.338 e. The summed E-state index contributed by atoms with van der Waals surface area (Å²) in [5.74, 6) is -1.37. The monoisotopic (exact) mass is 428 g/mol. The summed E-state index contributed by atoms with van der Waals surface area (Å²) in [7, 11) is -4.07. The predicted molar refractivity (Wildman–Crippen MR) is 111 cm³/mol. The summed E-state index contributed by atoms with van der Waals surface area (Å²) in [5, 5.41) is 0.660. The van der Waals surface area contributed by atoms with Crippen molar-refractivity contribution in [3.8, 4) is 0 Å². The second kappa shape index (κ2) is 8.91. The van der Waals surface area contributed by atoms with Crippen molar-refractivity contribution < 1.29 is 27.5 Å². The maximum absolute atomic E-state index is 13.0. The van der Waals surface area contributed by atoms with Crippen molar-refractivity contribution in [1.29, 1.82) is 0 Å². The van der Waals surface area contributed by atoms with E-state index in [4.69, 9.17) is 9.47 Å². The molecule has 156 valence electrons. The van der Waals surface area contributed by atoms with Crippen LogP contribution in [0.25, 0.3) is 10.9 Å². The van der Waals surface area contributed by atoms with Crippen LogP contribution >= 0.6 is 0 Å². The number of esters is 2. The fourth-order valence-corrected chi connectivity index (χ4v) is 4.08. The van der Waals surface area contributed by atoms with Crippen LogP contribution in [0, 0.1) is 0 Å². The molecule has 0 spiro atoms. The number of rotatable bonds is 7. The van der Waals surface area contributed by atoms with Crippen molar-refractivity contribution >= 4 is 38.6 Å². The van der Waals surface area contributed by atoms with Crippen LogP contribution in [-0.2, 0) is 19.5 Å². The fourth-order valence-electron chi connectivity index (χ4n) is 2.85. The molecule has 0 fully saturated rings. The number of hydrogen-bond acceptors (Lipinski definition) is 7.